The molecule has 100 valence electrons. The highest BCUT2D eigenvalue weighted by Crippen LogP contribution is 2.27. The largest absolute Gasteiger partial charge is 0.305 e. The predicted molar refractivity (Wildman–Crippen MR) is 77.1 cm³/mol. The second-order valence-electron chi connectivity index (χ2n) is 4.39. The van der Waals surface area contributed by atoms with Crippen LogP contribution >= 0.6 is 27.5 Å². The van der Waals surface area contributed by atoms with E-state index in [1.54, 1.807) is 0 Å². The van der Waals surface area contributed by atoms with E-state index in [1.807, 2.05) is 13.8 Å². The SMILES string of the molecule is CC(C)c1nc(-c2ccc(F)cc2Cl)[nH]c(=O)c1Br. The van der Waals surface area contributed by atoms with Crippen molar-refractivity contribution in [3.05, 3.63) is 49.6 Å². The summed E-state index contributed by atoms with van der Waals surface area (Å²) in [6, 6.07) is 3.96. The van der Waals surface area contributed by atoms with Crippen LogP contribution in [0.3, 0.4) is 0 Å². The first-order valence-electron chi connectivity index (χ1n) is 5.65. The number of nitrogens with one attached hydrogen (secondary N) is 1. The fourth-order valence-electron chi connectivity index (χ4n) is 1.67. The maximum Gasteiger partial charge on any atom is 0.265 e. The monoisotopic (exact) mass is 344 g/mol. The molecular formula is C13H11BrClFN2O. The van der Waals surface area contributed by atoms with Gasteiger partial charge in [0.2, 0.25) is 0 Å². The van der Waals surface area contributed by atoms with Gasteiger partial charge in [-0.05, 0) is 40.0 Å². The molecule has 0 aliphatic heterocycles. The Morgan fingerprint density at radius 1 is 1.42 bits per heavy atom. The Hall–Kier alpha value is -1.20. The lowest BCUT2D eigenvalue weighted by molar-refractivity contribution is 0.628. The Balaban J connectivity index is 2.66. The van der Waals surface area contributed by atoms with Crippen LogP contribution in [0.2, 0.25) is 5.02 Å². The molecule has 1 N–H and O–H groups in total. The molecule has 0 spiro atoms. The molecule has 6 heteroatoms. The van der Waals surface area contributed by atoms with Crippen LogP contribution < -0.4 is 5.56 Å². The summed E-state index contributed by atoms with van der Waals surface area (Å²) >= 11 is 9.19. The standard InChI is InChI=1S/C13H11BrClFN2O/c1-6(2)11-10(14)13(19)18-12(17-11)8-4-3-7(16)5-9(8)15/h3-6H,1-2H3,(H,17,18,19). The van der Waals surface area contributed by atoms with Crippen molar-refractivity contribution in [3.8, 4) is 11.4 Å². The Kier molecular flexibility index (Phi) is 4.06. The Labute approximate surface area is 123 Å². The van der Waals surface area contributed by atoms with Gasteiger partial charge in [-0.2, -0.15) is 0 Å². The zero-order valence-corrected chi connectivity index (χ0v) is 12.6. The van der Waals surface area contributed by atoms with Gasteiger partial charge in [-0.3, -0.25) is 4.79 Å². The molecule has 3 nitrogen and oxygen atoms in total. The second-order valence-corrected chi connectivity index (χ2v) is 5.59. The zero-order valence-electron chi connectivity index (χ0n) is 10.3. The number of aromatic nitrogens is 2. The third-order valence-corrected chi connectivity index (χ3v) is 3.70. The van der Waals surface area contributed by atoms with E-state index < -0.39 is 5.82 Å². The van der Waals surface area contributed by atoms with Crippen LogP contribution in [0.4, 0.5) is 4.39 Å². The minimum atomic E-state index is -0.433. The second kappa shape index (κ2) is 5.43. The van der Waals surface area contributed by atoms with E-state index in [9.17, 15) is 9.18 Å². The minimum Gasteiger partial charge on any atom is -0.305 e. The van der Waals surface area contributed by atoms with Crippen molar-refractivity contribution >= 4 is 27.5 Å². The zero-order chi connectivity index (χ0) is 14.2. The average Bonchev–Trinajstić information content (AvgIpc) is 2.32. The summed E-state index contributed by atoms with van der Waals surface area (Å²) in [6.45, 7) is 3.87. The molecule has 0 atom stereocenters. The number of halogens is 3. The summed E-state index contributed by atoms with van der Waals surface area (Å²) in [5.74, 6) is -0.0196. The first-order valence-corrected chi connectivity index (χ1v) is 6.82. The molecule has 0 bridgehead atoms. The van der Waals surface area contributed by atoms with Crippen molar-refractivity contribution in [1.29, 1.82) is 0 Å². The summed E-state index contributed by atoms with van der Waals surface area (Å²) in [5, 5.41) is 0.208. The maximum absolute atomic E-state index is 13.0. The smallest absolute Gasteiger partial charge is 0.265 e. The minimum absolute atomic E-state index is 0.0784. The number of nitrogens with zero attached hydrogens (tertiary/aromatic N) is 1. The summed E-state index contributed by atoms with van der Waals surface area (Å²) in [6.07, 6.45) is 0. The molecular weight excluding hydrogens is 335 g/mol. The lowest BCUT2D eigenvalue weighted by atomic mass is 10.1. The van der Waals surface area contributed by atoms with Crippen molar-refractivity contribution in [2.45, 2.75) is 19.8 Å². The van der Waals surface area contributed by atoms with Gasteiger partial charge in [0.1, 0.15) is 16.1 Å². The molecule has 0 amide bonds. The van der Waals surface area contributed by atoms with Crippen molar-refractivity contribution in [2.75, 3.05) is 0 Å². The maximum atomic E-state index is 13.0. The Morgan fingerprint density at radius 3 is 2.68 bits per heavy atom. The Bertz CT molecular complexity index is 685. The van der Waals surface area contributed by atoms with Crippen LogP contribution in [0.25, 0.3) is 11.4 Å². The van der Waals surface area contributed by atoms with Crippen molar-refractivity contribution in [1.82, 2.24) is 9.97 Å². The molecule has 0 fully saturated rings. The molecule has 0 unspecified atom stereocenters. The number of hydrogen-bond acceptors (Lipinski definition) is 2. The van der Waals surface area contributed by atoms with Gasteiger partial charge in [-0.15, -0.1) is 0 Å². The van der Waals surface area contributed by atoms with E-state index in [2.05, 4.69) is 25.9 Å². The first kappa shape index (κ1) is 14.2. The van der Waals surface area contributed by atoms with Gasteiger partial charge in [-0.25, -0.2) is 9.37 Å². The van der Waals surface area contributed by atoms with E-state index >= 15 is 0 Å². The lowest BCUT2D eigenvalue weighted by Gasteiger charge is -2.10. The summed E-state index contributed by atoms with van der Waals surface area (Å²) in [4.78, 5) is 18.9. The van der Waals surface area contributed by atoms with Crippen molar-refractivity contribution in [3.63, 3.8) is 0 Å². The van der Waals surface area contributed by atoms with Crippen LogP contribution in [0.15, 0.2) is 27.5 Å². The number of hydrogen-bond donors (Lipinski definition) is 1. The van der Waals surface area contributed by atoms with E-state index in [0.717, 1.165) is 0 Å². The molecule has 1 aromatic carbocycles. The average molecular weight is 346 g/mol. The van der Waals surface area contributed by atoms with E-state index in [0.29, 0.717) is 21.6 Å². The third-order valence-electron chi connectivity index (χ3n) is 2.62. The van der Waals surface area contributed by atoms with Gasteiger partial charge in [0.05, 0.1) is 10.7 Å². The number of benzene rings is 1. The number of aromatic amines is 1. The molecule has 2 rings (SSSR count). The molecule has 1 heterocycles. The highest BCUT2D eigenvalue weighted by molar-refractivity contribution is 9.10. The fourth-order valence-corrected chi connectivity index (χ4v) is 2.57. The molecule has 0 radical (unpaired) electrons. The fraction of sp³-hybridized carbons (Fsp3) is 0.231. The van der Waals surface area contributed by atoms with Crippen molar-refractivity contribution < 1.29 is 4.39 Å². The van der Waals surface area contributed by atoms with Crippen LogP contribution in [0.5, 0.6) is 0 Å². The van der Waals surface area contributed by atoms with Gasteiger partial charge in [0, 0.05) is 5.56 Å². The number of H-pyrrole nitrogens is 1. The van der Waals surface area contributed by atoms with Crippen LogP contribution in [-0.2, 0) is 0 Å². The highest BCUT2D eigenvalue weighted by atomic mass is 79.9. The normalized spacial score (nSPS) is 11.1. The van der Waals surface area contributed by atoms with E-state index in [-0.39, 0.29) is 16.5 Å². The molecule has 0 saturated carbocycles. The highest BCUT2D eigenvalue weighted by Gasteiger charge is 2.15. The van der Waals surface area contributed by atoms with Gasteiger partial charge in [0.15, 0.2) is 0 Å². The van der Waals surface area contributed by atoms with Crippen LogP contribution in [-0.4, -0.2) is 9.97 Å². The van der Waals surface area contributed by atoms with E-state index in [4.69, 9.17) is 11.6 Å². The molecule has 2 aromatic rings. The molecule has 0 saturated heterocycles. The Morgan fingerprint density at radius 2 is 2.11 bits per heavy atom. The molecule has 0 aliphatic rings. The first-order chi connectivity index (χ1) is 8.90. The summed E-state index contributed by atoms with van der Waals surface area (Å²) in [7, 11) is 0. The van der Waals surface area contributed by atoms with Crippen LogP contribution in [0.1, 0.15) is 25.5 Å². The van der Waals surface area contributed by atoms with Gasteiger partial charge in [-0.1, -0.05) is 25.4 Å². The quantitative estimate of drug-likeness (QED) is 0.890. The summed E-state index contributed by atoms with van der Waals surface area (Å²) < 4.78 is 13.4. The van der Waals surface area contributed by atoms with E-state index in [1.165, 1.54) is 18.2 Å². The van der Waals surface area contributed by atoms with Gasteiger partial charge < -0.3 is 4.98 Å². The molecule has 19 heavy (non-hydrogen) atoms. The van der Waals surface area contributed by atoms with Gasteiger partial charge in [0.25, 0.3) is 5.56 Å². The van der Waals surface area contributed by atoms with Crippen molar-refractivity contribution in [2.24, 2.45) is 0 Å². The predicted octanol–water partition coefficient (Wildman–Crippen LogP) is 4.12. The molecule has 0 aliphatic carbocycles. The molecule has 1 aromatic heterocycles. The van der Waals surface area contributed by atoms with Crippen LogP contribution in [0, 0.1) is 5.82 Å². The summed E-state index contributed by atoms with van der Waals surface area (Å²) in [5.41, 5.74) is 0.850. The number of rotatable bonds is 2. The third kappa shape index (κ3) is 2.87. The van der Waals surface area contributed by atoms with Gasteiger partial charge >= 0.3 is 0 Å². The topological polar surface area (TPSA) is 45.8 Å². The lowest BCUT2D eigenvalue weighted by Crippen LogP contribution is -2.14.